The summed E-state index contributed by atoms with van der Waals surface area (Å²) in [5.74, 6) is 0. The van der Waals surface area contributed by atoms with Crippen molar-refractivity contribution in [2.45, 2.75) is 45.8 Å². The molecule has 1 aliphatic rings. The zero-order chi connectivity index (χ0) is 8.48. The molecule has 2 heteroatoms. The van der Waals surface area contributed by atoms with E-state index in [4.69, 9.17) is 10.5 Å². The van der Waals surface area contributed by atoms with E-state index < -0.39 is 0 Å². The van der Waals surface area contributed by atoms with Gasteiger partial charge in [-0.3, -0.25) is 0 Å². The zero-order valence-corrected chi connectivity index (χ0v) is 7.76. The summed E-state index contributed by atoms with van der Waals surface area (Å²) >= 11 is 0. The molecule has 1 fully saturated rings. The first-order valence-corrected chi connectivity index (χ1v) is 4.50. The molecule has 2 N–H and O–H groups in total. The lowest BCUT2D eigenvalue weighted by Gasteiger charge is -2.26. The second-order valence-electron chi connectivity index (χ2n) is 3.62. The topological polar surface area (TPSA) is 35.2 Å². The smallest absolute Gasteiger partial charge is 0.0617 e. The van der Waals surface area contributed by atoms with E-state index in [2.05, 4.69) is 13.8 Å². The highest BCUT2D eigenvalue weighted by atomic mass is 16.5. The molecule has 0 aliphatic heterocycles. The van der Waals surface area contributed by atoms with Crippen LogP contribution in [-0.2, 0) is 4.74 Å². The normalized spacial score (nSPS) is 26.2. The Balaban J connectivity index is 2.44. The van der Waals surface area contributed by atoms with Crippen LogP contribution in [0.1, 0.15) is 33.6 Å². The van der Waals surface area contributed by atoms with Gasteiger partial charge in [0.25, 0.3) is 0 Å². The fraction of sp³-hybridized carbons (Fsp3) is 1.00. The second-order valence-corrected chi connectivity index (χ2v) is 3.62. The summed E-state index contributed by atoms with van der Waals surface area (Å²) in [4.78, 5) is 0. The standard InChI is InChI=1S/C9H19NO/c1-4-11-8(3)9(5-6-9)7(2)10/h7-8H,4-6,10H2,1-3H3. The molecule has 0 spiro atoms. The van der Waals surface area contributed by atoms with Crippen LogP contribution >= 0.6 is 0 Å². The molecule has 11 heavy (non-hydrogen) atoms. The van der Waals surface area contributed by atoms with Crippen molar-refractivity contribution in [1.82, 2.24) is 0 Å². The Bertz CT molecular complexity index is 130. The molecule has 0 aromatic heterocycles. The summed E-state index contributed by atoms with van der Waals surface area (Å²) in [6.07, 6.45) is 2.82. The molecule has 1 rings (SSSR count). The number of nitrogens with two attached hydrogens (primary N) is 1. The first-order chi connectivity index (χ1) is 5.13. The monoisotopic (exact) mass is 157 g/mol. The lowest BCUT2D eigenvalue weighted by atomic mass is 9.93. The zero-order valence-electron chi connectivity index (χ0n) is 7.76. The molecule has 66 valence electrons. The van der Waals surface area contributed by atoms with Crippen LogP contribution in [0.5, 0.6) is 0 Å². The number of hydrogen-bond acceptors (Lipinski definition) is 2. The number of hydrogen-bond donors (Lipinski definition) is 1. The van der Waals surface area contributed by atoms with Crippen molar-refractivity contribution < 1.29 is 4.74 Å². The summed E-state index contributed by atoms with van der Waals surface area (Å²) in [5.41, 5.74) is 6.20. The molecule has 2 unspecified atom stereocenters. The lowest BCUT2D eigenvalue weighted by Crippen LogP contribution is -2.37. The minimum atomic E-state index is 0.282. The maximum Gasteiger partial charge on any atom is 0.0617 e. The van der Waals surface area contributed by atoms with E-state index in [0.717, 1.165) is 6.61 Å². The quantitative estimate of drug-likeness (QED) is 0.672. The van der Waals surface area contributed by atoms with E-state index in [9.17, 15) is 0 Å². The minimum Gasteiger partial charge on any atom is -0.378 e. The highest BCUT2D eigenvalue weighted by Crippen LogP contribution is 2.51. The van der Waals surface area contributed by atoms with Crippen LogP contribution in [0.3, 0.4) is 0 Å². The predicted octanol–water partition coefficient (Wildman–Crippen LogP) is 1.54. The van der Waals surface area contributed by atoms with Crippen molar-refractivity contribution in [1.29, 1.82) is 0 Å². The molecule has 0 radical (unpaired) electrons. The molecule has 1 saturated carbocycles. The highest BCUT2D eigenvalue weighted by Gasteiger charge is 2.50. The molecule has 1 aliphatic carbocycles. The molecule has 0 saturated heterocycles. The Labute approximate surface area is 69.1 Å². The molecule has 2 nitrogen and oxygen atoms in total. The third-order valence-electron chi connectivity index (χ3n) is 2.96. The van der Waals surface area contributed by atoms with Crippen molar-refractivity contribution >= 4 is 0 Å². The first-order valence-electron chi connectivity index (χ1n) is 4.50. The van der Waals surface area contributed by atoms with Crippen LogP contribution in [-0.4, -0.2) is 18.8 Å². The van der Waals surface area contributed by atoms with E-state index >= 15 is 0 Å². The minimum absolute atomic E-state index is 0.282. The van der Waals surface area contributed by atoms with Gasteiger partial charge in [0.15, 0.2) is 0 Å². The van der Waals surface area contributed by atoms with E-state index in [1.165, 1.54) is 12.8 Å². The van der Waals surface area contributed by atoms with Gasteiger partial charge in [-0.2, -0.15) is 0 Å². The van der Waals surface area contributed by atoms with E-state index in [0.29, 0.717) is 11.5 Å². The van der Waals surface area contributed by atoms with Gasteiger partial charge in [-0.1, -0.05) is 0 Å². The molecule has 2 atom stereocenters. The third-order valence-corrected chi connectivity index (χ3v) is 2.96. The SMILES string of the molecule is CCOC(C)C1(C(C)N)CC1. The Morgan fingerprint density at radius 3 is 2.27 bits per heavy atom. The van der Waals surface area contributed by atoms with Crippen LogP contribution in [0.15, 0.2) is 0 Å². The van der Waals surface area contributed by atoms with Crippen molar-refractivity contribution in [2.24, 2.45) is 11.1 Å². The van der Waals surface area contributed by atoms with Crippen LogP contribution in [0.25, 0.3) is 0 Å². The summed E-state index contributed by atoms with van der Waals surface area (Å²) < 4.78 is 5.55. The average molecular weight is 157 g/mol. The molecule has 0 aromatic carbocycles. The molecule has 0 heterocycles. The van der Waals surface area contributed by atoms with Crippen LogP contribution in [0.4, 0.5) is 0 Å². The van der Waals surface area contributed by atoms with Gasteiger partial charge in [0.2, 0.25) is 0 Å². The molecule has 0 amide bonds. The van der Waals surface area contributed by atoms with Crippen LogP contribution in [0, 0.1) is 5.41 Å². The third kappa shape index (κ3) is 1.57. The molecule has 0 bridgehead atoms. The number of ether oxygens (including phenoxy) is 1. The highest BCUT2D eigenvalue weighted by molar-refractivity contribution is 5.03. The van der Waals surface area contributed by atoms with Crippen molar-refractivity contribution in [3.05, 3.63) is 0 Å². The van der Waals surface area contributed by atoms with Gasteiger partial charge in [0, 0.05) is 18.1 Å². The van der Waals surface area contributed by atoms with Crippen LogP contribution < -0.4 is 5.73 Å². The van der Waals surface area contributed by atoms with Gasteiger partial charge in [-0.15, -0.1) is 0 Å². The van der Waals surface area contributed by atoms with Crippen molar-refractivity contribution in [3.8, 4) is 0 Å². The average Bonchev–Trinajstić information content (AvgIpc) is 2.66. The van der Waals surface area contributed by atoms with Gasteiger partial charge in [-0.25, -0.2) is 0 Å². The maximum absolute atomic E-state index is 5.88. The van der Waals surface area contributed by atoms with Gasteiger partial charge in [-0.05, 0) is 33.6 Å². The van der Waals surface area contributed by atoms with Gasteiger partial charge in [0.05, 0.1) is 6.10 Å². The Kier molecular flexibility index (Phi) is 2.55. The predicted molar refractivity (Wildman–Crippen MR) is 46.4 cm³/mol. The van der Waals surface area contributed by atoms with Gasteiger partial charge >= 0.3 is 0 Å². The van der Waals surface area contributed by atoms with Crippen molar-refractivity contribution in [3.63, 3.8) is 0 Å². The van der Waals surface area contributed by atoms with E-state index in [1.54, 1.807) is 0 Å². The van der Waals surface area contributed by atoms with Gasteiger partial charge in [0.1, 0.15) is 0 Å². The fourth-order valence-corrected chi connectivity index (χ4v) is 1.79. The Hall–Kier alpha value is -0.0800. The first kappa shape index (κ1) is 9.01. The Morgan fingerprint density at radius 1 is 1.45 bits per heavy atom. The summed E-state index contributed by atoms with van der Waals surface area (Å²) in [5, 5.41) is 0. The maximum atomic E-state index is 5.88. The van der Waals surface area contributed by atoms with Crippen LogP contribution in [0.2, 0.25) is 0 Å². The molecule has 0 aromatic rings. The lowest BCUT2D eigenvalue weighted by molar-refractivity contribution is 0.0145. The number of rotatable bonds is 4. The molecular formula is C9H19NO. The summed E-state index contributed by atoms with van der Waals surface area (Å²) in [7, 11) is 0. The second kappa shape index (κ2) is 3.11. The molecular weight excluding hydrogens is 138 g/mol. The summed E-state index contributed by atoms with van der Waals surface area (Å²) in [6.45, 7) is 7.06. The van der Waals surface area contributed by atoms with Crippen molar-refractivity contribution in [2.75, 3.05) is 6.61 Å². The summed E-state index contributed by atoms with van der Waals surface area (Å²) in [6, 6.07) is 0.282. The van der Waals surface area contributed by atoms with E-state index in [1.807, 2.05) is 6.92 Å². The largest absolute Gasteiger partial charge is 0.378 e. The van der Waals surface area contributed by atoms with Gasteiger partial charge < -0.3 is 10.5 Å². The fourth-order valence-electron chi connectivity index (χ4n) is 1.79. The van der Waals surface area contributed by atoms with E-state index in [-0.39, 0.29) is 6.04 Å². The Morgan fingerprint density at radius 2 is 2.00 bits per heavy atom.